The zero-order chi connectivity index (χ0) is 45.7. The maximum Gasteiger partial charge on any atom is 0.238 e. The van der Waals surface area contributed by atoms with Crippen molar-refractivity contribution in [1.29, 1.82) is 0 Å². The van der Waals surface area contributed by atoms with Gasteiger partial charge in [-0.05, 0) is 116 Å². The van der Waals surface area contributed by atoms with Gasteiger partial charge < -0.3 is 24.4 Å². The summed E-state index contributed by atoms with van der Waals surface area (Å²) in [6.45, 7) is 0. The summed E-state index contributed by atoms with van der Waals surface area (Å²) < 4.78 is 11.3. The van der Waals surface area contributed by atoms with E-state index in [-0.39, 0.29) is 36.2 Å². The van der Waals surface area contributed by atoms with Crippen LogP contribution in [-0.2, 0) is 19.2 Å². The highest BCUT2D eigenvalue weighted by Crippen LogP contribution is 2.61. The lowest BCUT2D eigenvalue weighted by atomic mass is 9.57. The molecule has 6 unspecified atom stereocenters. The second-order valence-corrected chi connectivity index (χ2v) is 17.1. The fraction of sp³-hybridized carbons (Fsp3) is 0.280. The molecular weight excluding hydrogens is 825 g/mol. The SMILES string of the molecule is COc1cc(O)c(C2C3=CCC4C(=O)N(c5ccc(N=Nc6ccc(N(C)C)cc6)cc5)C(=O)C4C3CC3C(=O)N(c4ccc(N=Nc5ccc(N(C)C)cc5)cc4)C(=O)C32)c(OC)c1. The summed E-state index contributed by atoms with van der Waals surface area (Å²) in [4.78, 5) is 64.9. The first-order valence-corrected chi connectivity index (χ1v) is 21.4. The van der Waals surface area contributed by atoms with Crippen molar-refractivity contribution < 1.29 is 33.8 Å². The topological polar surface area (TPSA) is 169 Å². The summed E-state index contributed by atoms with van der Waals surface area (Å²) >= 11 is 0. The van der Waals surface area contributed by atoms with Crippen molar-refractivity contribution in [2.75, 3.05) is 62.0 Å². The number of phenols is 1. The number of nitrogens with zero attached hydrogens (tertiary/aromatic N) is 8. The first-order valence-electron chi connectivity index (χ1n) is 21.4. The van der Waals surface area contributed by atoms with E-state index in [4.69, 9.17) is 9.47 Å². The van der Waals surface area contributed by atoms with Crippen LogP contribution in [0.5, 0.6) is 17.2 Å². The summed E-state index contributed by atoms with van der Waals surface area (Å²) in [6, 6.07) is 31.8. The van der Waals surface area contributed by atoms with Crippen LogP contribution in [0, 0.1) is 29.6 Å². The van der Waals surface area contributed by atoms with Gasteiger partial charge in [0.1, 0.15) is 17.2 Å². The molecule has 2 saturated heterocycles. The lowest BCUT2D eigenvalue weighted by Gasteiger charge is -2.44. The molecule has 0 aromatic heterocycles. The summed E-state index contributed by atoms with van der Waals surface area (Å²) in [5, 5.41) is 29.1. The van der Waals surface area contributed by atoms with Crippen LogP contribution in [0.3, 0.4) is 0 Å². The van der Waals surface area contributed by atoms with E-state index in [2.05, 4.69) is 20.5 Å². The van der Waals surface area contributed by atoms with Gasteiger partial charge in [0.05, 0.1) is 72.0 Å². The number of rotatable bonds is 11. The molecule has 3 fully saturated rings. The number of anilines is 4. The van der Waals surface area contributed by atoms with Gasteiger partial charge in [-0.2, -0.15) is 20.5 Å². The van der Waals surface area contributed by atoms with Crippen LogP contribution in [0.25, 0.3) is 0 Å². The number of phenolic OH excluding ortho intramolecular Hbond substituents is 1. The number of aromatic hydroxyl groups is 1. The maximum atomic E-state index is 14.8. The van der Waals surface area contributed by atoms with E-state index in [0.29, 0.717) is 51.0 Å². The van der Waals surface area contributed by atoms with E-state index < -0.39 is 47.3 Å². The molecule has 4 amide bonds. The summed E-state index contributed by atoms with van der Waals surface area (Å²) in [5.41, 5.74) is 6.24. The second kappa shape index (κ2) is 17.1. The van der Waals surface area contributed by atoms with Crippen molar-refractivity contribution in [2.24, 2.45) is 50.0 Å². The van der Waals surface area contributed by atoms with E-state index in [1.807, 2.05) is 92.6 Å². The van der Waals surface area contributed by atoms with Crippen LogP contribution in [-0.4, -0.2) is 71.1 Å². The highest BCUT2D eigenvalue weighted by atomic mass is 16.5. The summed E-state index contributed by atoms with van der Waals surface area (Å²) in [5.74, 6) is -6.01. The van der Waals surface area contributed by atoms with Crippen molar-refractivity contribution in [3.8, 4) is 17.2 Å². The number of azo groups is 2. The quantitative estimate of drug-likeness (QED) is 0.0772. The highest BCUT2D eigenvalue weighted by molar-refractivity contribution is 6.24. The molecule has 9 rings (SSSR count). The zero-order valence-corrected chi connectivity index (χ0v) is 36.8. The molecule has 0 radical (unpaired) electrons. The molecule has 5 aromatic rings. The number of benzene rings is 5. The Kier molecular flexibility index (Phi) is 11.2. The number of amides is 4. The smallest absolute Gasteiger partial charge is 0.238 e. The van der Waals surface area contributed by atoms with Crippen LogP contribution in [0.4, 0.5) is 45.5 Å². The first kappa shape index (κ1) is 42.6. The summed E-state index contributed by atoms with van der Waals surface area (Å²) in [6.07, 6.45) is 2.30. The van der Waals surface area contributed by atoms with Crippen LogP contribution >= 0.6 is 0 Å². The van der Waals surface area contributed by atoms with Crippen molar-refractivity contribution in [3.05, 3.63) is 126 Å². The average Bonchev–Trinajstić information content (AvgIpc) is 3.73. The number of fused-ring (bicyclic) bond motifs is 4. The number of allylic oxidation sites excluding steroid dienone is 2. The largest absolute Gasteiger partial charge is 0.507 e. The van der Waals surface area contributed by atoms with Gasteiger partial charge >= 0.3 is 0 Å². The third kappa shape index (κ3) is 7.66. The van der Waals surface area contributed by atoms with E-state index in [9.17, 15) is 24.3 Å². The van der Waals surface area contributed by atoms with Gasteiger partial charge in [0.2, 0.25) is 23.6 Å². The Morgan fingerprint density at radius 1 is 0.554 bits per heavy atom. The van der Waals surface area contributed by atoms with E-state index >= 15 is 0 Å². The predicted molar refractivity (Wildman–Crippen MR) is 246 cm³/mol. The van der Waals surface area contributed by atoms with Gasteiger partial charge in [-0.15, -0.1) is 0 Å². The Hall–Kier alpha value is -7.68. The molecule has 65 heavy (non-hydrogen) atoms. The van der Waals surface area contributed by atoms with Gasteiger partial charge in [0.15, 0.2) is 0 Å². The highest BCUT2D eigenvalue weighted by Gasteiger charge is 2.63. The molecule has 6 atom stereocenters. The number of carbonyl (C=O) groups excluding carboxylic acids is 4. The average molecular weight is 873 g/mol. The minimum atomic E-state index is -0.949. The van der Waals surface area contributed by atoms with E-state index in [1.165, 1.54) is 30.1 Å². The van der Waals surface area contributed by atoms with Gasteiger partial charge in [0.25, 0.3) is 0 Å². The molecule has 2 heterocycles. The number of methoxy groups -OCH3 is 2. The fourth-order valence-electron chi connectivity index (χ4n) is 9.81. The third-order valence-electron chi connectivity index (χ3n) is 13.0. The minimum absolute atomic E-state index is 0.148. The number of imide groups is 2. The number of hydrogen-bond donors (Lipinski definition) is 1. The number of hydrogen-bond acceptors (Lipinski definition) is 13. The van der Waals surface area contributed by atoms with Crippen molar-refractivity contribution >= 4 is 69.1 Å². The number of carbonyl (C=O) groups is 4. The molecule has 15 heteroatoms. The van der Waals surface area contributed by atoms with Crippen LogP contribution in [0.1, 0.15) is 24.3 Å². The Morgan fingerprint density at radius 2 is 1.00 bits per heavy atom. The Labute approximate surface area is 376 Å². The van der Waals surface area contributed by atoms with Crippen molar-refractivity contribution in [2.45, 2.75) is 18.8 Å². The molecule has 0 bridgehead atoms. The second-order valence-electron chi connectivity index (χ2n) is 17.1. The van der Waals surface area contributed by atoms with Gasteiger partial charge in [-0.1, -0.05) is 11.6 Å². The van der Waals surface area contributed by atoms with Crippen LogP contribution in [0.15, 0.2) is 141 Å². The third-order valence-corrected chi connectivity index (χ3v) is 13.0. The van der Waals surface area contributed by atoms with Crippen LogP contribution < -0.4 is 29.1 Å². The molecule has 1 saturated carbocycles. The normalized spacial score (nSPS) is 22.6. The molecule has 5 aromatic carbocycles. The maximum absolute atomic E-state index is 14.8. The van der Waals surface area contributed by atoms with Crippen LogP contribution in [0.2, 0.25) is 0 Å². The molecule has 4 aliphatic rings. The van der Waals surface area contributed by atoms with Crippen molar-refractivity contribution in [3.63, 3.8) is 0 Å². The minimum Gasteiger partial charge on any atom is -0.507 e. The predicted octanol–water partition coefficient (Wildman–Crippen LogP) is 9.42. The van der Waals surface area contributed by atoms with E-state index in [1.54, 1.807) is 54.6 Å². The van der Waals surface area contributed by atoms with Gasteiger partial charge in [-0.25, -0.2) is 0 Å². The van der Waals surface area contributed by atoms with Crippen molar-refractivity contribution in [1.82, 2.24) is 0 Å². The molecule has 1 N–H and O–H groups in total. The molecule has 15 nitrogen and oxygen atoms in total. The standard InChI is InChI=1S/C50H48N8O7/c1-55(2)32-15-7-28(8-16-32)51-53-30-11-19-34(20-12-30)57-47(60)38-24-23-37-39(43(38)49(57)62)27-40-45(44(37)46-41(59)25-36(64-5)26-42(46)65-6)50(63)58(48(40)61)35-21-13-31(14-22-35)54-52-29-9-17-33(18-10-29)56(3)4/h7-23,25-26,38-40,43-45,59H,24,27H2,1-6H3. The molecule has 330 valence electrons. The monoisotopic (exact) mass is 872 g/mol. The molecule has 0 spiro atoms. The van der Waals surface area contributed by atoms with Gasteiger partial charge in [0, 0.05) is 63.2 Å². The number of ether oxygens (including phenoxy) is 2. The molecule has 2 aliphatic carbocycles. The molecule has 2 aliphatic heterocycles. The lowest BCUT2D eigenvalue weighted by Crippen LogP contribution is -2.43. The first-order chi connectivity index (χ1) is 31.4. The Morgan fingerprint density at radius 3 is 1.45 bits per heavy atom. The Bertz CT molecular complexity index is 2770. The van der Waals surface area contributed by atoms with E-state index in [0.717, 1.165) is 11.4 Å². The zero-order valence-electron chi connectivity index (χ0n) is 36.8. The Balaban J connectivity index is 1.02. The fourth-order valence-corrected chi connectivity index (χ4v) is 9.81. The van der Waals surface area contributed by atoms with Gasteiger partial charge in [-0.3, -0.25) is 29.0 Å². The molecular formula is C50H48N8O7. The summed E-state index contributed by atoms with van der Waals surface area (Å²) in [7, 11) is 10.8. The lowest BCUT2D eigenvalue weighted by molar-refractivity contribution is -0.126.